The normalized spacial score (nSPS) is 10.5. The molecule has 0 aliphatic rings. The van der Waals surface area contributed by atoms with Crippen molar-refractivity contribution in [2.45, 2.75) is 13.1 Å². The van der Waals surface area contributed by atoms with E-state index in [1.807, 2.05) is 0 Å². The molecule has 1 heterocycles. The molecule has 0 saturated heterocycles. The van der Waals surface area contributed by atoms with Crippen molar-refractivity contribution in [1.29, 1.82) is 0 Å². The van der Waals surface area contributed by atoms with E-state index in [9.17, 15) is 29.4 Å². The number of nitrogens with zero attached hydrogens (tertiary/aromatic N) is 3. The van der Waals surface area contributed by atoms with Crippen molar-refractivity contribution in [3.8, 4) is 0 Å². The molecule has 0 aliphatic heterocycles. The number of non-ortho nitro benzene ring substituents is 2. The van der Waals surface area contributed by atoms with Crippen LogP contribution < -0.4 is 0 Å². The Morgan fingerprint density at radius 3 is 2.10 bits per heavy atom. The number of nitro benzene ring substituents is 2. The van der Waals surface area contributed by atoms with Crippen LogP contribution in [0.2, 0.25) is 0 Å². The van der Waals surface area contributed by atoms with Gasteiger partial charge >= 0.3 is 0 Å². The summed E-state index contributed by atoms with van der Waals surface area (Å²) in [6.07, 6.45) is 1.42. The number of hydrogen-bond acceptors (Lipinski definition) is 6. The SMILES string of the molecule is O=C(c1cc([N+](=O)[O-])cc([N+](=O)[O-])c1)N(Cc1ccc(F)cc1)Cc1ccco1. The van der Waals surface area contributed by atoms with Crippen LogP contribution in [-0.4, -0.2) is 20.7 Å². The highest BCUT2D eigenvalue weighted by Crippen LogP contribution is 2.25. The number of nitro groups is 2. The minimum atomic E-state index is -0.805. The molecule has 0 aliphatic carbocycles. The minimum absolute atomic E-state index is 0.0136. The molecule has 1 aromatic heterocycles. The van der Waals surface area contributed by atoms with Gasteiger partial charge in [0.1, 0.15) is 11.6 Å². The van der Waals surface area contributed by atoms with Crippen molar-refractivity contribution in [3.05, 3.63) is 104 Å². The number of carbonyl (C=O) groups is 1. The first kappa shape index (κ1) is 19.7. The van der Waals surface area contributed by atoms with Crippen LogP contribution >= 0.6 is 0 Å². The van der Waals surface area contributed by atoms with Gasteiger partial charge in [0.25, 0.3) is 17.3 Å². The highest BCUT2D eigenvalue weighted by atomic mass is 19.1. The van der Waals surface area contributed by atoms with Crippen LogP contribution in [0, 0.1) is 26.0 Å². The molecule has 0 atom stereocenters. The molecule has 3 aromatic rings. The molecule has 9 nitrogen and oxygen atoms in total. The van der Waals surface area contributed by atoms with Gasteiger partial charge in [0.05, 0.1) is 34.3 Å². The standard InChI is InChI=1S/C19H14FN3O6/c20-15-5-3-13(4-6-15)11-21(12-18-2-1-7-29-18)19(24)14-8-16(22(25)26)10-17(9-14)23(27)28/h1-10H,11-12H2. The molecule has 3 rings (SSSR count). The van der Waals surface area contributed by atoms with Crippen molar-refractivity contribution in [3.63, 3.8) is 0 Å². The molecule has 0 radical (unpaired) electrons. The Morgan fingerprint density at radius 1 is 0.966 bits per heavy atom. The van der Waals surface area contributed by atoms with Gasteiger partial charge in [-0.1, -0.05) is 12.1 Å². The van der Waals surface area contributed by atoms with Gasteiger partial charge in [0, 0.05) is 18.7 Å². The maximum absolute atomic E-state index is 13.2. The summed E-state index contributed by atoms with van der Waals surface area (Å²) in [5.41, 5.74) is -0.740. The average molecular weight is 399 g/mol. The summed E-state index contributed by atoms with van der Waals surface area (Å²) < 4.78 is 18.4. The van der Waals surface area contributed by atoms with E-state index in [0.29, 0.717) is 11.3 Å². The Hall–Kier alpha value is -4.08. The number of hydrogen-bond donors (Lipinski definition) is 0. The van der Waals surface area contributed by atoms with Crippen molar-refractivity contribution < 1.29 is 23.4 Å². The summed E-state index contributed by atoms with van der Waals surface area (Å²) in [7, 11) is 0. The lowest BCUT2D eigenvalue weighted by atomic mass is 10.1. The van der Waals surface area contributed by atoms with E-state index in [0.717, 1.165) is 18.2 Å². The van der Waals surface area contributed by atoms with Crippen LogP contribution in [0.25, 0.3) is 0 Å². The predicted octanol–water partition coefficient (Wildman–Crippen LogP) is 4.08. The third kappa shape index (κ3) is 4.80. The quantitative estimate of drug-likeness (QED) is 0.436. The molecule has 148 valence electrons. The van der Waals surface area contributed by atoms with E-state index in [2.05, 4.69) is 0 Å². The molecule has 2 aromatic carbocycles. The van der Waals surface area contributed by atoms with E-state index in [4.69, 9.17) is 4.42 Å². The van der Waals surface area contributed by atoms with Gasteiger partial charge in [0.15, 0.2) is 0 Å². The maximum Gasteiger partial charge on any atom is 0.277 e. The van der Waals surface area contributed by atoms with Crippen molar-refractivity contribution in [2.24, 2.45) is 0 Å². The fraction of sp³-hybridized carbons (Fsp3) is 0.105. The minimum Gasteiger partial charge on any atom is -0.467 e. The summed E-state index contributed by atoms with van der Waals surface area (Å²) in [5.74, 6) is -0.662. The molecule has 10 heteroatoms. The van der Waals surface area contributed by atoms with Crippen LogP contribution in [0.5, 0.6) is 0 Å². The summed E-state index contributed by atoms with van der Waals surface area (Å²) in [6, 6.07) is 11.5. The van der Waals surface area contributed by atoms with E-state index in [1.165, 1.54) is 35.4 Å². The monoisotopic (exact) mass is 399 g/mol. The average Bonchev–Trinajstić information content (AvgIpc) is 3.21. The van der Waals surface area contributed by atoms with Crippen LogP contribution in [0.4, 0.5) is 15.8 Å². The zero-order chi connectivity index (χ0) is 21.0. The number of benzene rings is 2. The molecule has 1 amide bonds. The number of halogens is 1. The smallest absolute Gasteiger partial charge is 0.277 e. The first-order valence-corrected chi connectivity index (χ1v) is 8.33. The first-order valence-electron chi connectivity index (χ1n) is 8.33. The second-order valence-electron chi connectivity index (χ2n) is 6.12. The molecule has 0 fully saturated rings. The second kappa shape index (κ2) is 8.30. The summed E-state index contributed by atoms with van der Waals surface area (Å²) in [4.78, 5) is 35.0. The Labute approximate surface area is 163 Å². The Bertz CT molecular complexity index is 1020. The molecule has 0 spiro atoms. The lowest BCUT2D eigenvalue weighted by Crippen LogP contribution is -2.30. The van der Waals surface area contributed by atoms with Gasteiger partial charge in [-0.15, -0.1) is 0 Å². The van der Waals surface area contributed by atoms with Gasteiger partial charge in [-0.3, -0.25) is 25.0 Å². The first-order chi connectivity index (χ1) is 13.8. The van der Waals surface area contributed by atoms with Crippen LogP contribution in [0.15, 0.2) is 65.3 Å². The molecule has 0 saturated carbocycles. The van der Waals surface area contributed by atoms with E-state index >= 15 is 0 Å². The molecule has 0 unspecified atom stereocenters. The van der Waals surface area contributed by atoms with E-state index in [1.54, 1.807) is 12.1 Å². The molecule has 0 bridgehead atoms. The third-order valence-electron chi connectivity index (χ3n) is 4.07. The lowest BCUT2D eigenvalue weighted by Gasteiger charge is -2.22. The zero-order valence-corrected chi connectivity index (χ0v) is 14.9. The summed E-state index contributed by atoms with van der Waals surface area (Å²) in [6.45, 7) is 0.0516. The Kier molecular flexibility index (Phi) is 5.63. The van der Waals surface area contributed by atoms with Gasteiger partial charge < -0.3 is 9.32 Å². The Morgan fingerprint density at radius 2 is 1.59 bits per heavy atom. The van der Waals surface area contributed by atoms with E-state index in [-0.39, 0.29) is 18.7 Å². The number of carbonyl (C=O) groups excluding carboxylic acids is 1. The molecular weight excluding hydrogens is 385 g/mol. The van der Waals surface area contributed by atoms with Gasteiger partial charge in [-0.25, -0.2) is 4.39 Å². The lowest BCUT2D eigenvalue weighted by molar-refractivity contribution is -0.394. The highest BCUT2D eigenvalue weighted by molar-refractivity contribution is 5.95. The predicted molar refractivity (Wildman–Crippen MR) is 98.4 cm³/mol. The number of amides is 1. The summed E-state index contributed by atoms with van der Waals surface area (Å²) >= 11 is 0. The zero-order valence-electron chi connectivity index (χ0n) is 14.9. The van der Waals surface area contributed by atoms with Gasteiger partial charge in [-0.05, 0) is 29.8 Å². The van der Waals surface area contributed by atoms with Crippen LogP contribution in [0.1, 0.15) is 21.7 Å². The van der Waals surface area contributed by atoms with Gasteiger partial charge in [0.2, 0.25) is 0 Å². The van der Waals surface area contributed by atoms with Gasteiger partial charge in [-0.2, -0.15) is 0 Å². The van der Waals surface area contributed by atoms with Crippen molar-refractivity contribution >= 4 is 17.3 Å². The largest absolute Gasteiger partial charge is 0.467 e. The third-order valence-corrected chi connectivity index (χ3v) is 4.07. The van der Waals surface area contributed by atoms with Crippen LogP contribution in [0.3, 0.4) is 0 Å². The Balaban J connectivity index is 1.98. The topological polar surface area (TPSA) is 120 Å². The van der Waals surface area contributed by atoms with E-state index < -0.39 is 32.9 Å². The second-order valence-corrected chi connectivity index (χ2v) is 6.12. The van der Waals surface area contributed by atoms with Crippen molar-refractivity contribution in [1.82, 2.24) is 4.90 Å². The molecule has 0 N–H and O–H groups in total. The maximum atomic E-state index is 13.2. The van der Waals surface area contributed by atoms with Crippen LogP contribution in [-0.2, 0) is 13.1 Å². The fourth-order valence-electron chi connectivity index (χ4n) is 2.71. The molecular formula is C19H14FN3O6. The number of furan rings is 1. The highest BCUT2D eigenvalue weighted by Gasteiger charge is 2.24. The molecule has 29 heavy (non-hydrogen) atoms. The summed E-state index contributed by atoms with van der Waals surface area (Å²) in [5, 5.41) is 22.2. The van der Waals surface area contributed by atoms with Crippen molar-refractivity contribution in [2.75, 3.05) is 0 Å². The number of rotatable bonds is 7. The fourth-order valence-corrected chi connectivity index (χ4v) is 2.71.